The summed E-state index contributed by atoms with van der Waals surface area (Å²) in [4.78, 5) is 15.5. The molecule has 164 valence electrons. The molecule has 4 aromatic rings. The van der Waals surface area contributed by atoms with E-state index < -0.39 is 0 Å². The van der Waals surface area contributed by atoms with E-state index in [1.807, 2.05) is 35.9 Å². The van der Waals surface area contributed by atoms with Crippen molar-refractivity contribution in [1.82, 2.24) is 34.9 Å². The van der Waals surface area contributed by atoms with Crippen molar-refractivity contribution < 1.29 is 5.11 Å². The van der Waals surface area contributed by atoms with Gasteiger partial charge in [0, 0.05) is 49.2 Å². The van der Waals surface area contributed by atoms with Gasteiger partial charge in [0.25, 0.3) is 0 Å². The Hall–Kier alpha value is -3.59. The van der Waals surface area contributed by atoms with E-state index in [0.29, 0.717) is 29.2 Å². The Kier molecular flexibility index (Phi) is 5.18. The first-order valence-corrected chi connectivity index (χ1v) is 10.8. The number of rotatable bonds is 4. The Labute approximate surface area is 186 Å². The number of hydrogen-bond donors (Lipinski definition) is 2. The van der Waals surface area contributed by atoms with E-state index in [2.05, 4.69) is 49.2 Å². The van der Waals surface area contributed by atoms with Crippen molar-refractivity contribution in [2.24, 2.45) is 5.92 Å². The van der Waals surface area contributed by atoms with E-state index in [-0.39, 0.29) is 5.75 Å². The molecule has 1 fully saturated rings. The molecule has 0 aliphatic carbocycles. The van der Waals surface area contributed by atoms with Gasteiger partial charge in [0.1, 0.15) is 11.4 Å². The van der Waals surface area contributed by atoms with Crippen molar-refractivity contribution in [3.05, 3.63) is 48.7 Å². The summed E-state index contributed by atoms with van der Waals surface area (Å²) < 4.78 is 1.93. The molecule has 1 aliphatic rings. The zero-order valence-corrected chi connectivity index (χ0v) is 18.4. The molecule has 9 nitrogen and oxygen atoms in total. The van der Waals surface area contributed by atoms with Crippen molar-refractivity contribution in [1.29, 1.82) is 0 Å². The van der Waals surface area contributed by atoms with Crippen LogP contribution in [0.15, 0.2) is 43.0 Å². The number of aryl methyl sites for hydroxylation is 1. The third kappa shape index (κ3) is 3.87. The highest BCUT2D eigenvalue weighted by molar-refractivity contribution is 5.72. The highest BCUT2D eigenvalue weighted by Crippen LogP contribution is 2.31. The lowest BCUT2D eigenvalue weighted by Crippen LogP contribution is -2.53. The second-order valence-electron chi connectivity index (χ2n) is 8.55. The highest BCUT2D eigenvalue weighted by atomic mass is 16.3. The second kappa shape index (κ2) is 8.16. The Bertz CT molecular complexity index is 1250. The average Bonchev–Trinajstić information content (AvgIpc) is 3.18. The van der Waals surface area contributed by atoms with Crippen molar-refractivity contribution in [3.8, 4) is 28.3 Å². The molecule has 1 aromatic carbocycles. The van der Waals surface area contributed by atoms with Crippen LogP contribution >= 0.6 is 0 Å². The maximum Gasteiger partial charge on any atom is 0.245 e. The molecule has 9 heteroatoms. The molecular weight excluding hydrogens is 404 g/mol. The Morgan fingerprint density at radius 1 is 1.09 bits per heavy atom. The third-order valence-electron chi connectivity index (χ3n) is 5.87. The standard InChI is InChI=1S/C23H26N8O/c1-14(2)19-12-30(7-6-24-19)23-26-9-18(28-29-23)17-5-4-16(8-21(17)32)20-13-31-11-15(3)27-22(31)10-25-20/h4-5,8-11,13-14,19,24,32H,6-7,12H2,1-3H3/t19-/m1/s1. The van der Waals surface area contributed by atoms with E-state index >= 15 is 0 Å². The first-order chi connectivity index (χ1) is 15.5. The molecule has 2 N–H and O–H groups in total. The number of phenols is 1. The molecule has 5 rings (SSSR count). The molecule has 32 heavy (non-hydrogen) atoms. The molecule has 0 spiro atoms. The number of aromatic hydroxyl groups is 1. The number of nitrogens with zero attached hydrogens (tertiary/aromatic N) is 7. The van der Waals surface area contributed by atoms with Crippen LogP contribution in [0.1, 0.15) is 19.5 Å². The van der Waals surface area contributed by atoms with Gasteiger partial charge < -0.3 is 19.7 Å². The number of fused-ring (bicyclic) bond motifs is 1. The molecule has 0 amide bonds. The van der Waals surface area contributed by atoms with Crippen molar-refractivity contribution in [2.45, 2.75) is 26.8 Å². The first-order valence-electron chi connectivity index (χ1n) is 10.8. The number of nitrogens with one attached hydrogen (secondary N) is 1. The van der Waals surface area contributed by atoms with Gasteiger partial charge in [-0.25, -0.2) is 9.97 Å². The van der Waals surface area contributed by atoms with Gasteiger partial charge in [0.2, 0.25) is 5.95 Å². The topological polar surface area (TPSA) is 104 Å². The summed E-state index contributed by atoms with van der Waals surface area (Å²) in [5.74, 6) is 1.26. The summed E-state index contributed by atoms with van der Waals surface area (Å²) in [7, 11) is 0. The van der Waals surface area contributed by atoms with Gasteiger partial charge in [-0.15, -0.1) is 10.2 Å². The monoisotopic (exact) mass is 430 g/mol. The van der Waals surface area contributed by atoms with Gasteiger partial charge >= 0.3 is 0 Å². The lowest BCUT2D eigenvalue weighted by atomic mass is 10.0. The van der Waals surface area contributed by atoms with Gasteiger partial charge in [-0.05, 0) is 25.0 Å². The second-order valence-corrected chi connectivity index (χ2v) is 8.55. The molecule has 1 atom stereocenters. The van der Waals surface area contributed by atoms with Gasteiger partial charge in [-0.2, -0.15) is 0 Å². The van der Waals surface area contributed by atoms with Crippen molar-refractivity contribution >= 4 is 11.6 Å². The number of anilines is 1. The number of phenolic OH excluding ortho intramolecular Hbond substituents is 1. The number of benzene rings is 1. The van der Waals surface area contributed by atoms with Crippen LogP contribution in [0, 0.1) is 12.8 Å². The summed E-state index contributed by atoms with van der Waals surface area (Å²) in [5.41, 5.74) is 4.38. The first kappa shape index (κ1) is 20.3. The molecule has 0 saturated carbocycles. The van der Waals surface area contributed by atoms with Crippen LogP contribution in [0.4, 0.5) is 5.95 Å². The molecule has 0 unspecified atom stereocenters. The smallest absolute Gasteiger partial charge is 0.245 e. The molecule has 1 saturated heterocycles. The van der Waals surface area contributed by atoms with Crippen LogP contribution in [0.3, 0.4) is 0 Å². The zero-order valence-electron chi connectivity index (χ0n) is 18.4. The fourth-order valence-electron chi connectivity index (χ4n) is 4.03. The number of aromatic nitrogens is 6. The van der Waals surface area contributed by atoms with Crippen LogP contribution < -0.4 is 10.2 Å². The fourth-order valence-corrected chi connectivity index (χ4v) is 4.03. The molecule has 1 aliphatic heterocycles. The molecule has 0 bridgehead atoms. The minimum absolute atomic E-state index is 0.108. The summed E-state index contributed by atoms with van der Waals surface area (Å²) in [6, 6.07) is 5.82. The number of piperazine rings is 1. The summed E-state index contributed by atoms with van der Waals surface area (Å²) in [5, 5.41) is 22.9. The van der Waals surface area contributed by atoms with E-state index in [1.165, 1.54) is 0 Å². The quantitative estimate of drug-likeness (QED) is 0.509. The predicted octanol–water partition coefficient (Wildman–Crippen LogP) is 2.70. The third-order valence-corrected chi connectivity index (χ3v) is 5.87. The van der Waals surface area contributed by atoms with Crippen LogP contribution in [-0.2, 0) is 0 Å². The maximum absolute atomic E-state index is 10.7. The van der Waals surface area contributed by atoms with Gasteiger partial charge in [0.15, 0.2) is 5.65 Å². The molecule has 3 aromatic heterocycles. The average molecular weight is 431 g/mol. The van der Waals surface area contributed by atoms with Gasteiger partial charge in [0.05, 0.1) is 23.8 Å². The van der Waals surface area contributed by atoms with Gasteiger partial charge in [-0.3, -0.25) is 4.98 Å². The lowest BCUT2D eigenvalue weighted by molar-refractivity contribution is 0.365. The van der Waals surface area contributed by atoms with E-state index in [4.69, 9.17) is 0 Å². The Morgan fingerprint density at radius 2 is 1.97 bits per heavy atom. The summed E-state index contributed by atoms with van der Waals surface area (Å²) in [6.07, 6.45) is 7.24. The fraction of sp³-hybridized carbons (Fsp3) is 0.348. The van der Waals surface area contributed by atoms with E-state index in [9.17, 15) is 5.11 Å². The van der Waals surface area contributed by atoms with Crippen molar-refractivity contribution in [2.75, 3.05) is 24.5 Å². The van der Waals surface area contributed by atoms with Gasteiger partial charge in [-0.1, -0.05) is 19.9 Å². The van der Waals surface area contributed by atoms with Crippen LogP contribution in [0.2, 0.25) is 0 Å². The van der Waals surface area contributed by atoms with Crippen LogP contribution in [-0.4, -0.2) is 60.3 Å². The van der Waals surface area contributed by atoms with Crippen molar-refractivity contribution in [3.63, 3.8) is 0 Å². The molecular formula is C23H26N8O. The maximum atomic E-state index is 10.7. The van der Waals surface area contributed by atoms with Crippen LogP contribution in [0.25, 0.3) is 28.2 Å². The minimum Gasteiger partial charge on any atom is -0.507 e. The lowest BCUT2D eigenvalue weighted by Gasteiger charge is -2.35. The normalized spacial score (nSPS) is 16.8. The summed E-state index contributed by atoms with van der Waals surface area (Å²) >= 11 is 0. The molecule has 4 heterocycles. The highest BCUT2D eigenvalue weighted by Gasteiger charge is 2.23. The van der Waals surface area contributed by atoms with Crippen LogP contribution in [0.5, 0.6) is 5.75 Å². The molecule has 0 radical (unpaired) electrons. The Balaban J connectivity index is 1.38. The predicted molar refractivity (Wildman–Crippen MR) is 122 cm³/mol. The SMILES string of the molecule is Cc1cn2cc(-c3ccc(-c4cnc(N5CCN[C@@H](C(C)C)C5)nn4)c(O)c3)ncc2n1. The zero-order chi connectivity index (χ0) is 22.2. The number of hydrogen-bond acceptors (Lipinski definition) is 8. The largest absolute Gasteiger partial charge is 0.507 e. The minimum atomic E-state index is 0.108. The van der Waals surface area contributed by atoms with E-state index in [1.54, 1.807) is 18.5 Å². The number of imidazole rings is 1. The van der Waals surface area contributed by atoms with E-state index in [0.717, 1.165) is 42.2 Å². The summed E-state index contributed by atoms with van der Waals surface area (Å²) in [6.45, 7) is 8.96. The Morgan fingerprint density at radius 3 is 2.72 bits per heavy atom.